The van der Waals surface area contributed by atoms with Gasteiger partial charge >= 0.3 is 0 Å². The third kappa shape index (κ3) is 2.69. The molecule has 0 spiro atoms. The summed E-state index contributed by atoms with van der Waals surface area (Å²) in [5.41, 5.74) is -0.702. The SMILES string of the molecule is CC(C(=O)N(C)CC1(O)CCCC1)n1cncn1. The summed E-state index contributed by atoms with van der Waals surface area (Å²) in [4.78, 5) is 17.6. The molecule has 1 heterocycles. The van der Waals surface area contributed by atoms with E-state index in [1.807, 2.05) is 0 Å². The molecule has 0 radical (unpaired) electrons. The van der Waals surface area contributed by atoms with Crippen molar-refractivity contribution in [3.05, 3.63) is 12.7 Å². The quantitative estimate of drug-likeness (QED) is 0.852. The van der Waals surface area contributed by atoms with Crippen molar-refractivity contribution in [2.24, 2.45) is 0 Å². The third-order valence-corrected chi connectivity index (χ3v) is 3.63. The molecule has 6 nitrogen and oxygen atoms in total. The van der Waals surface area contributed by atoms with Gasteiger partial charge in [0, 0.05) is 13.6 Å². The highest BCUT2D eigenvalue weighted by atomic mass is 16.3. The Bertz CT molecular complexity index is 398. The van der Waals surface area contributed by atoms with Gasteiger partial charge in [0.25, 0.3) is 0 Å². The van der Waals surface area contributed by atoms with Crippen molar-refractivity contribution < 1.29 is 9.90 Å². The molecule has 1 unspecified atom stereocenters. The van der Waals surface area contributed by atoms with Crippen molar-refractivity contribution in [1.82, 2.24) is 19.7 Å². The number of nitrogens with zero attached hydrogens (tertiary/aromatic N) is 4. The fourth-order valence-electron chi connectivity index (χ4n) is 2.56. The lowest BCUT2D eigenvalue weighted by atomic mass is 10.0. The first-order valence-corrected chi connectivity index (χ1v) is 6.33. The van der Waals surface area contributed by atoms with Crippen molar-refractivity contribution >= 4 is 5.91 Å². The highest BCUT2D eigenvalue weighted by Gasteiger charge is 2.34. The summed E-state index contributed by atoms with van der Waals surface area (Å²) in [5.74, 6) is -0.0548. The van der Waals surface area contributed by atoms with E-state index >= 15 is 0 Å². The first-order chi connectivity index (χ1) is 8.52. The summed E-state index contributed by atoms with van der Waals surface area (Å²) in [7, 11) is 1.73. The second-order valence-corrected chi connectivity index (χ2v) is 5.18. The summed E-state index contributed by atoms with van der Waals surface area (Å²) in [6.45, 7) is 2.18. The Morgan fingerprint density at radius 2 is 2.22 bits per heavy atom. The molecule has 1 saturated carbocycles. The van der Waals surface area contributed by atoms with Crippen LogP contribution >= 0.6 is 0 Å². The lowest BCUT2D eigenvalue weighted by molar-refractivity contribution is -0.136. The van der Waals surface area contributed by atoms with E-state index in [0.29, 0.717) is 6.54 Å². The van der Waals surface area contributed by atoms with Gasteiger partial charge < -0.3 is 10.0 Å². The maximum absolute atomic E-state index is 12.2. The average Bonchev–Trinajstić information content (AvgIpc) is 2.98. The van der Waals surface area contributed by atoms with Crippen LogP contribution in [0, 0.1) is 0 Å². The minimum Gasteiger partial charge on any atom is -0.388 e. The number of hydrogen-bond acceptors (Lipinski definition) is 4. The van der Waals surface area contributed by atoms with Gasteiger partial charge in [-0.05, 0) is 19.8 Å². The minimum atomic E-state index is -0.702. The van der Waals surface area contributed by atoms with Crippen LogP contribution in [0.1, 0.15) is 38.6 Å². The van der Waals surface area contributed by atoms with Gasteiger partial charge in [0.05, 0.1) is 5.60 Å². The van der Waals surface area contributed by atoms with Crippen molar-refractivity contribution in [2.75, 3.05) is 13.6 Å². The summed E-state index contributed by atoms with van der Waals surface area (Å²) < 4.78 is 1.53. The molecular weight excluding hydrogens is 232 g/mol. The zero-order valence-corrected chi connectivity index (χ0v) is 10.9. The van der Waals surface area contributed by atoms with Crippen molar-refractivity contribution in [3.63, 3.8) is 0 Å². The smallest absolute Gasteiger partial charge is 0.247 e. The van der Waals surface area contributed by atoms with Gasteiger partial charge in [-0.2, -0.15) is 5.10 Å². The molecular formula is C12H20N4O2. The van der Waals surface area contributed by atoms with Gasteiger partial charge in [0.1, 0.15) is 18.7 Å². The largest absolute Gasteiger partial charge is 0.388 e. The number of aliphatic hydroxyl groups is 1. The normalized spacial score (nSPS) is 19.7. The number of hydrogen-bond donors (Lipinski definition) is 1. The van der Waals surface area contributed by atoms with Crippen LogP contribution in [0.4, 0.5) is 0 Å². The highest BCUT2D eigenvalue weighted by molar-refractivity contribution is 5.79. The van der Waals surface area contributed by atoms with Crippen LogP contribution in [0.5, 0.6) is 0 Å². The maximum Gasteiger partial charge on any atom is 0.247 e. The van der Waals surface area contributed by atoms with Gasteiger partial charge in [0.2, 0.25) is 5.91 Å². The molecule has 18 heavy (non-hydrogen) atoms. The van der Waals surface area contributed by atoms with Crippen LogP contribution in [0.2, 0.25) is 0 Å². The van der Waals surface area contributed by atoms with Crippen molar-refractivity contribution in [2.45, 2.75) is 44.2 Å². The number of amides is 1. The van der Waals surface area contributed by atoms with Gasteiger partial charge in [-0.15, -0.1) is 0 Å². The van der Waals surface area contributed by atoms with Gasteiger partial charge in [-0.3, -0.25) is 4.79 Å². The summed E-state index contributed by atoms with van der Waals surface area (Å²) in [6.07, 6.45) is 6.58. The Balaban J connectivity index is 1.96. The van der Waals surface area contributed by atoms with E-state index in [9.17, 15) is 9.90 Å². The van der Waals surface area contributed by atoms with E-state index < -0.39 is 5.60 Å². The lowest BCUT2D eigenvalue weighted by Gasteiger charge is -2.30. The summed E-state index contributed by atoms with van der Waals surface area (Å²) in [6, 6.07) is -0.387. The molecule has 1 amide bonds. The van der Waals surface area contributed by atoms with E-state index in [0.717, 1.165) is 25.7 Å². The fraction of sp³-hybridized carbons (Fsp3) is 0.750. The molecule has 1 aliphatic carbocycles. The first kappa shape index (κ1) is 13.0. The molecule has 0 bridgehead atoms. The molecule has 2 rings (SSSR count). The summed E-state index contributed by atoms with van der Waals surface area (Å²) in [5, 5.41) is 14.3. The molecule has 6 heteroatoms. The topological polar surface area (TPSA) is 71.2 Å². The minimum absolute atomic E-state index is 0.0548. The Hall–Kier alpha value is -1.43. The molecule has 1 fully saturated rings. The van der Waals surface area contributed by atoms with E-state index in [2.05, 4.69) is 10.1 Å². The van der Waals surface area contributed by atoms with Crippen LogP contribution < -0.4 is 0 Å². The number of aromatic nitrogens is 3. The predicted molar refractivity (Wildman–Crippen MR) is 65.8 cm³/mol. The molecule has 1 atom stereocenters. The Morgan fingerprint density at radius 1 is 1.56 bits per heavy atom. The average molecular weight is 252 g/mol. The highest BCUT2D eigenvalue weighted by Crippen LogP contribution is 2.30. The monoisotopic (exact) mass is 252 g/mol. The standard InChI is InChI=1S/C12H20N4O2/c1-10(16-9-13-8-14-16)11(17)15(2)7-12(18)5-3-4-6-12/h8-10,18H,3-7H2,1-2H3. The van der Waals surface area contributed by atoms with Crippen molar-refractivity contribution in [1.29, 1.82) is 0 Å². The number of rotatable bonds is 4. The van der Waals surface area contributed by atoms with Gasteiger partial charge in [-0.25, -0.2) is 9.67 Å². The van der Waals surface area contributed by atoms with Crippen LogP contribution in [0.25, 0.3) is 0 Å². The number of likely N-dealkylation sites (N-methyl/N-ethyl adjacent to an activating group) is 1. The molecule has 0 aliphatic heterocycles. The summed E-state index contributed by atoms with van der Waals surface area (Å²) >= 11 is 0. The molecule has 1 aromatic heterocycles. The molecule has 1 aliphatic rings. The van der Waals surface area contributed by atoms with E-state index in [4.69, 9.17) is 0 Å². The Labute approximate surface area is 107 Å². The zero-order valence-electron chi connectivity index (χ0n) is 10.9. The molecule has 1 N–H and O–H groups in total. The molecule has 100 valence electrons. The zero-order chi connectivity index (χ0) is 13.2. The Kier molecular flexibility index (Phi) is 3.65. The second-order valence-electron chi connectivity index (χ2n) is 5.18. The van der Waals surface area contributed by atoms with Crippen LogP contribution in [-0.4, -0.2) is 49.9 Å². The van der Waals surface area contributed by atoms with E-state index in [1.54, 1.807) is 18.9 Å². The first-order valence-electron chi connectivity index (χ1n) is 6.33. The molecule has 0 aromatic carbocycles. The number of carbonyl (C=O) groups is 1. The second kappa shape index (κ2) is 5.06. The molecule has 0 saturated heterocycles. The van der Waals surface area contributed by atoms with E-state index in [-0.39, 0.29) is 11.9 Å². The van der Waals surface area contributed by atoms with Crippen LogP contribution in [0.15, 0.2) is 12.7 Å². The Morgan fingerprint density at radius 3 is 2.78 bits per heavy atom. The predicted octanol–water partition coefficient (Wildman–Crippen LogP) is 0.603. The fourth-order valence-corrected chi connectivity index (χ4v) is 2.56. The van der Waals surface area contributed by atoms with Crippen LogP contribution in [0.3, 0.4) is 0 Å². The molecule has 1 aromatic rings. The van der Waals surface area contributed by atoms with E-state index in [1.165, 1.54) is 17.3 Å². The third-order valence-electron chi connectivity index (χ3n) is 3.63. The maximum atomic E-state index is 12.2. The van der Waals surface area contributed by atoms with Gasteiger partial charge in [0.15, 0.2) is 0 Å². The number of carbonyl (C=O) groups excluding carboxylic acids is 1. The van der Waals surface area contributed by atoms with Gasteiger partial charge in [-0.1, -0.05) is 12.8 Å². The van der Waals surface area contributed by atoms with Crippen molar-refractivity contribution in [3.8, 4) is 0 Å². The van der Waals surface area contributed by atoms with Crippen LogP contribution in [-0.2, 0) is 4.79 Å². The lowest BCUT2D eigenvalue weighted by Crippen LogP contribution is -2.44.